The minimum absolute atomic E-state index is 0.0476. The fraction of sp³-hybridized carbons (Fsp3) is 0.200. The summed E-state index contributed by atoms with van der Waals surface area (Å²) in [6.07, 6.45) is 1.64. The lowest BCUT2D eigenvalue weighted by molar-refractivity contribution is -0.121. The van der Waals surface area contributed by atoms with E-state index in [0.29, 0.717) is 6.54 Å². The molecular weight excluding hydrogens is 240 g/mol. The van der Waals surface area contributed by atoms with Gasteiger partial charge in [0.05, 0.1) is 0 Å². The van der Waals surface area contributed by atoms with Gasteiger partial charge in [0.1, 0.15) is 6.54 Å². The zero-order valence-corrected chi connectivity index (χ0v) is 10.8. The number of benzene rings is 1. The summed E-state index contributed by atoms with van der Waals surface area (Å²) >= 11 is 0. The second kappa shape index (κ2) is 6.00. The molecule has 0 atom stereocenters. The molecule has 0 radical (unpaired) electrons. The van der Waals surface area contributed by atoms with Gasteiger partial charge in [0.2, 0.25) is 5.91 Å². The maximum absolute atomic E-state index is 11.8. The number of nitrogens with one attached hydrogen (secondary N) is 1. The van der Waals surface area contributed by atoms with Crippen molar-refractivity contribution in [1.29, 1.82) is 0 Å². The first-order valence-corrected chi connectivity index (χ1v) is 6.13. The highest BCUT2D eigenvalue weighted by molar-refractivity contribution is 5.75. The van der Waals surface area contributed by atoms with Crippen molar-refractivity contribution in [3.8, 4) is 0 Å². The van der Waals surface area contributed by atoms with Crippen LogP contribution in [0.4, 0.5) is 0 Å². The summed E-state index contributed by atoms with van der Waals surface area (Å²) in [6, 6.07) is 13.0. The van der Waals surface area contributed by atoms with Crippen molar-refractivity contribution in [2.45, 2.75) is 20.0 Å². The quantitative estimate of drug-likeness (QED) is 0.900. The number of nitrogens with zero attached hydrogens (tertiary/aromatic N) is 1. The van der Waals surface area contributed by atoms with Gasteiger partial charge in [0.25, 0.3) is 5.56 Å². The molecule has 0 aliphatic heterocycles. The Balaban J connectivity index is 1.93. The zero-order valence-electron chi connectivity index (χ0n) is 10.8. The molecule has 98 valence electrons. The van der Waals surface area contributed by atoms with E-state index < -0.39 is 0 Å². The van der Waals surface area contributed by atoms with Crippen LogP contribution in [-0.4, -0.2) is 10.5 Å². The van der Waals surface area contributed by atoms with Crippen LogP contribution in [0.5, 0.6) is 0 Å². The lowest BCUT2D eigenvalue weighted by atomic mass is 10.2. The fourth-order valence-corrected chi connectivity index (χ4v) is 1.74. The van der Waals surface area contributed by atoms with E-state index in [4.69, 9.17) is 0 Å². The number of pyridine rings is 1. The van der Waals surface area contributed by atoms with Gasteiger partial charge in [-0.2, -0.15) is 0 Å². The summed E-state index contributed by atoms with van der Waals surface area (Å²) in [6.45, 7) is 2.37. The summed E-state index contributed by atoms with van der Waals surface area (Å²) in [5.74, 6) is -0.171. The van der Waals surface area contributed by atoms with Gasteiger partial charge in [0.15, 0.2) is 0 Å². The third kappa shape index (κ3) is 3.81. The van der Waals surface area contributed by atoms with E-state index >= 15 is 0 Å². The smallest absolute Gasteiger partial charge is 0.251 e. The number of amides is 1. The standard InChI is InChI=1S/C15H16N2O2/c1-12-7-8-17(15(19)9-12)11-14(18)16-10-13-5-3-2-4-6-13/h2-9H,10-11H2,1H3,(H,16,18). The second-order valence-corrected chi connectivity index (χ2v) is 4.43. The van der Waals surface area contributed by atoms with Crippen molar-refractivity contribution < 1.29 is 4.79 Å². The van der Waals surface area contributed by atoms with Crippen LogP contribution in [0.15, 0.2) is 53.5 Å². The van der Waals surface area contributed by atoms with E-state index in [1.807, 2.05) is 43.3 Å². The highest BCUT2D eigenvalue weighted by Crippen LogP contribution is 1.97. The Kier molecular flexibility index (Phi) is 4.13. The fourth-order valence-electron chi connectivity index (χ4n) is 1.74. The number of aryl methyl sites for hydroxylation is 1. The first-order chi connectivity index (χ1) is 9.15. The van der Waals surface area contributed by atoms with Crippen LogP contribution in [0.25, 0.3) is 0 Å². The number of carbonyl (C=O) groups is 1. The first kappa shape index (κ1) is 13.1. The molecule has 4 heteroatoms. The van der Waals surface area contributed by atoms with E-state index in [-0.39, 0.29) is 18.0 Å². The SMILES string of the molecule is Cc1ccn(CC(=O)NCc2ccccc2)c(=O)c1. The molecule has 0 spiro atoms. The molecule has 2 rings (SSSR count). The van der Waals surface area contributed by atoms with Crippen molar-refractivity contribution >= 4 is 5.91 Å². The molecule has 0 fully saturated rings. The van der Waals surface area contributed by atoms with Crippen molar-refractivity contribution in [2.75, 3.05) is 0 Å². The van der Waals surface area contributed by atoms with Crippen molar-refractivity contribution in [2.24, 2.45) is 0 Å². The van der Waals surface area contributed by atoms with Gasteiger partial charge in [-0.15, -0.1) is 0 Å². The Bertz CT molecular complexity index is 618. The van der Waals surface area contributed by atoms with Crippen LogP contribution in [0.1, 0.15) is 11.1 Å². The number of aromatic nitrogens is 1. The summed E-state index contributed by atoms with van der Waals surface area (Å²) in [5, 5.41) is 2.79. The third-order valence-electron chi connectivity index (χ3n) is 2.80. The van der Waals surface area contributed by atoms with Crippen molar-refractivity contribution in [3.63, 3.8) is 0 Å². The Morgan fingerprint density at radius 3 is 2.63 bits per heavy atom. The van der Waals surface area contributed by atoms with Gasteiger partial charge >= 0.3 is 0 Å². The predicted octanol–water partition coefficient (Wildman–Crippen LogP) is 1.47. The molecule has 4 nitrogen and oxygen atoms in total. The number of carbonyl (C=O) groups excluding carboxylic acids is 1. The molecule has 2 aromatic rings. The normalized spacial score (nSPS) is 10.2. The number of hydrogen-bond donors (Lipinski definition) is 1. The second-order valence-electron chi connectivity index (χ2n) is 4.43. The first-order valence-electron chi connectivity index (χ1n) is 6.13. The van der Waals surface area contributed by atoms with Crippen molar-refractivity contribution in [1.82, 2.24) is 9.88 Å². The van der Waals surface area contributed by atoms with E-state index in [0.717, 1.165) is 11.1 Å². The summed E-state index contributed by atoms with van der Waals surface area (Å²) < 4.78 is 1.40. The topological polar surface area (TPSA) is 51.1 Å². The zero-order chi connectivity index (χ0) is 13.7. The number of hydrogen-bond acceptors (Lipinski definition) is 2. The third-order valence-corrected chi connectivity index (χ3v) is 2.80. The average molecular weight is 256 g/mol. The Morgan fingerprint density at radius 2 is 1.95 bits per heavy atom. The van der Waals surface area contributed by atoms with Gasteiger partial charge < -0.3 is 9.88 Å². The molecule has 0 aliphatic carbocycles. The Morgan fingerprint density at radius 1 is 1.21 bits per heavy atom. The molecule has 0 bridgehead atoms. The maximum Gasteiger partial charge on any atom is 0.251 e. The molecule has 1 heterocycles. The molecule has 1 N–H and O–H groups in total. The Hall–Kier alpha value is -2.36. The van der Waals surface area contributed by atoms with Crippen LogP contribution in [0.2, 0.25) is 0 Å². The van der Waals surface area contributed by atoms with E-state index in [1.165, 1.54) is 10.6 Å². The van der Waals surface area contributed by atoms with E-state index in [1.54, 1.807) is 6.20 Å². The summed E-state index contributed by atoms with van der Waals surface area (Å²) in [7, 11) is 0. The minimum Gasteiger partial charge on any atom is -0.350 e. The molecule has 0 saturated carbocycles. The maximum atomic E-state index is 11.8. The van der Waals surface area contributed by atoms with E-state index in [2.05, 4.69) is 5.32 Å². The van der Waals surface area contributed by atoms with Crippen LogP contribution in [-0.2, 0) is 17.9 Å². The average Bonchev–Trinajstić information content (AvgIpc) is 2.41. The number of rotatable bonds is 4. The molecule has 0 unspecified atom stereocenters. The van der Waals surface area contributed by atoms with Gasteiger partial charge in [-0.25, -0.2) is 0 Å². The predicted molar refractivity (Wildman–Crippen MR) is 73.7 cm³/mol. The molecule has 1 aromatic carbocycles. The van der Waals surface area contributed by atoms with Crippen molar-refractivity contribution in [3.05, 3.63) is 70.1 Å². The highest BCUT2D eigenvalue weighted by Gasteiger charge is 2.04. The molecule has 19 heavy (non-hydrogen) atoms. The van der Waals surface area contributed by atoms with E-state index in [9.17, 15) is 9.59 Å². The lowest BCUT2D eigenvalue weighted by Gasteiger charge is -2.07. The summed E-state index contributed by atoms with van der Waals surface area (Å²) in [4.78, 5) is 23.4. The Labute approximate surface area is 111 Å². The minimum atomic E-state index is -0.171. The summed E-state index contributed by atoms with van der Waals surface area (Å²) in [5.41, 5.74) is 1.77. The molecule has 1 amide bonds. The lowest BCUT2D eigenvalue weighted by Crippen LogP contribution is -2.31. The van der Waals surface area contributed by atoms with Crippen LogP contribution < -0.4 is 10.9 Å². The molecule has 0 saturated heterocycles. The van der Waals surface area contributed by atoms with Crippen LogP contribution in [0, 0.1) is 6.92 Å². The highest BCUT2D eigenvalue weighted by atomic mass is 16.2. The van der Waals surface area contributed by atoms with Crippen LogP contribution >= 0.6 is 0 Å². The van der Waals surface area contributed by atoms with Gasteiger partial charge in [0, 0.05) is 18.8 Å². The van der Waals surface area contributed by atoms with Gasteiger partial charge in [-0.05, 0) is 24.1 Å². The molecule has 1 aromatic heterocycles. The molecular formula is C15H16N2O2. The monoisotopic (exact) mass is 256 g/mol. The van der Waals surface area contributed by atoms with Gasteiger partial charge in [-0.3, -0.25) is 9.59 Å². The van der Waals surface area contributed by atoms with Gasteiger partial charge in [-0.1, -0.05) is 30.3 Å². The largest absolute Gasteiger partial charge is 0.350 e. The van der Waals surface area contributed by atoms with Crippen LogP contribution in [0.3, 0.4) is 0 Å². The molecule has 0 aliphatic rings.